The Hall–Kier alpha value is -1.36. The van der Waals surface area contributed by atoms with E-state index in [-0.39, 0.29) is 17.9 Å². The summed E-state index contributed by atoms with van der Waals surface area (Å²) >= 11 is 0. The maximum absolute atomic E-state index is 11.6. The fourth-order valence-corrected chi connectivity index (χ4v) is 1.57. The molecule has 16 heavy (non-hydrogen) atoms. The van der Waals surface area contributed by atoms with E-state index >= 15 is 0 Å². The van der Waals surface area contributed by atoms with Crippen molar-refractivity contribution in [1.29, 1.82) is 0 Å². The predicted octanol–water partition coefficient (Wildman–Crippen LogP) is 0.557. The minimum atomic E-state index is -0.328. The van der Waals surface area contributed by atoms with E-state index in [0.29, 0.717) is 18.5 Å². The second kappa shape index (κ2) is 5.65. The number of nitrogens with zero attached hydrogens (tertiary/aromatic N) is 2. The fourth-order valence-electron chi connectivity index (χ4n) is 1.57. The first-order valence-electron chi connectivity index (χ1n) is 5.44. The summed E-state index contributed by atoms with van der Waals surface area (Å²) in [4.78, 5) is 11.6. The number of aliphatic hydroxyl groups excluding tert-OH is 1. The van der Waals surface area contributed by atoms with Gasteiger partial charge in [-0.3, -0.25) is 9.48 Å². The Morgan fingerprint density at radius 2 is 2.31 bits per heavy atom. The van der Waals surface area contributed by atoms with Crippen molar-refractivity contribution in [3.05, 3.63) is 18.0 Å². The molecule has 0 aromatic carbocycles. The molecule has 0 saturated carbocycles. The van der Waals surface area contributed by atoms with Crippen LogP contribution in [0, 0.1) is 5.92 Å². The predicted molar refractivity (Wildman–Crippen MR) is 61.0 cm³/mol. The van der Waals surface area contributed by atoms with Crippen LogP contribution in [0.4, 0.5) is 0 Å². The molecule has 0 aliphatic heterocycles. The lowest BCUT2D eigenvalue weighted by atomic mass is 10.0. The van der Waals surface area contributed by atoms with Crippen LogP contribution in [0.1, 0.15) is 30.6 Å². The molecule has 2 unspecified atom stereocenters. The van der Waals surface area contributed by atoms with Crippen LogP contribution in [-0.4, -0.2) is 33.4 Å². The fraction of sp³-hybridized carbons (Fsp3) is 0.636. The van der Waals surface area contributed by atoms with E-state index in [1.165, 1.54) is 6.20 Å². The van der Waals surface area contributed by atoms with Crippen LogP contribution in [0.5, 0.6) is 0 Å². The average molecular weight is 225 g/mol. The second-order valence-electron chi connectivity index (χ2n) is 4.30. The van der Waals surface area contributed by atoms with Crippen LogP contribution in [0.25, 0.3) is 0 Å². The summed E-state index contributed by atoms with van der Waals surface area (Å²) in [6.07, 6.45) is 3.57. The van der Waals surface area contributed by atoms with Gasteiger partial charge in [0.1, 0.15) is 0 Å². The number of hydrogen-bond acceptors (Lipinski definition) is 3. The standard InChI is InChI=1S/C11H19N3O2/c1-8(4-9(2)15)5-12-11(16)10-6-13-14(3)7-10/h6-9,15H,4-5H2,1-3H3,(H,12,16). The summed E-state index contributed by atoms with van der Waals surface area (Å²) in [5.74, 6) is 0.145. The van der Waals surface area contributed by atoms with Gasteiger partial charge in [0.05, 0.1) is 17.9 Å². The summed E-state index contributed by atoms with van der Waals surface area (Å²) in [5, 5.41) is 15.9. The first-order valence-corrected chi connectivity index (χ1v) is 5.44. The van der Waals surface area contributed by atoms with E-state index in [2.05, 4.69) is 10.4 Å². The summed E-state index contributed by atoms with van der Waals surface area (Å²) in [5.41, 5.74) is 0.562. The van der Waals surface area contributed by atoms with Crippen LogP contribution in [0.15, 0.2) is 12.4 Å². The van der Waals surface area contributed by atoms with Crippen molar-refractivity contribution in [2.24, 2.45) is 13.0 Å². The molecule has 0 spiro atoms. The van der Waals surface area contributed by atoms with Crippen LogP contribution < -0.4 is 5.32 Å². The summed E-state index contributed by atoms with van der Waals surface area (Å²) in [7, 11) is 1.77. The van der Waals surface area contributed by atoms with Crippen LogP contribution >= 0.6 is 0 Å². The summed E-state index contributed by atoms with van der Waals surface area (Å²) in [6, 6.07) is 0. The topological polar surface area (TPSA) is 67.2 Å². The number of amides is 1. The maximum atomic E-state index is 11.6. The molecule has 0 saturated heterocycles. The van der Waals surface area contributed by atoms with Gasteiger partial charge in [0, 0.05) is 19.8 Å². The molecule has 1 amide bonds. The minimum absolute atomic E-state index is 0.120. The third-order valence-corrected chi connectivity index (χ3v) is 2.32. The molecule has 5 nitrogen and oxygen atoms in total. The Labute approximate surface area is 95.5 Å². The molecule has 0 bridgehead atoms. The van der Waals surface area contributed by atoms with E-state index in [4.69, 9.17) is 0 Å². The Kier molecular flexibility index (Phi) is 4.49. The van der Waals surface area contributed by atoms with Gasteiger partial charge in [0.25, 0.3) is 5.91 Å². The van der Waals surface area contributed by atoms with E-state index in [1.54, 1.807) is 24.9 Å². The van der Waals surface area contributed by atoms with Crippen molar-refractivity contribution in [2.75, 3.05) is 6.54 Å². The van der Waals surface area contributed by atoms with E-state index < -0.39 is 0 Å². The number of aliphatic hydroxyl groups is 1. The number of carbonyl (C=O) groups excluding carboxylic acids is 1. The van der Waals surface area contributed by atoms with Gasteiger partial charge in [-0.1, -0.05) is 6.92 Å². The number of aryl methyl sites for hydroxylation is 1. The number of carbonyl (C=O) groups is 1. The van der Waals surface area contributed by atoms with Crippen molar-refractivity contribution in [2.45, 2.75) is 26.4 Å². The van der Waals surface area contributed by atoms with Gasteiger partial charge in [-0.2, -0.15) is 5.10 Å². The summed E-state index contributed by atoms with van der Waals surface area (Å²) in [6.45, 7) is 4.31. The van der Waals surface area contributed by atoms with Crippen LogP contribution in [0.3, 0.4) is 0 Å². The normalized spacial score (nSPS) is 14.5. The Bertz CT molecular complexity index is 347. The van der Waals surface area contributed by atoms with Crippen LogP contribution in [0.2, 0.25) is 0 Å². The van der Waals surface area contributed by atoms with Crippen LogP contribution in [-0.2, 0) is 7.05 Å². The number of rotatable bonds is 5. The van der Waals surface area contributed by atoms with Gasteiger partial charge in [-0.05, 0) is 19.3 Å². The molecule has 90 valence electrons. The zero-order valence-corrected chi connectivity index (χ0v) is 9.97. The highest BCUT2D eigenvalue weighted by molar-refractivity contribution is 5.93. The van der Waals surface area contributed by atoms with Gasteiger partial charge in [-0.25, -0.2) is 0 Å². The highest BCUT2D eigenvalue weighted by Crippen LogP contribution is 2.04. The molecule has 2 N–H and O–H groups in total. The van der Waals surface area contributed by atoms with Gasteiger partial charge in [0.15, 0.2) is 0 Å². The molecule has 0 fully saturated rings. The van der Waals surface area contributed by atoms with Gasteiger partial charge >= 0.3 is 0 Å². The number of nitrogens with one attached hydrogen (secondary N) is 1. The molecular weight excluding hydrogens is 206 g/mol. The molecule has 0 radical (unpaired) electrons. The van der Waals surface area contributed by atoms with E-state index in [0.717, 1.165) is 0 Å². The number of aromatic nitrogens is 2. The minimum Gasteiger partial charge on any atom is -0.393 e. The smallest absolute Gasteiger partial charge is 0.254 e. The lowest BCUT2D eigenvalue weighted by Gasteiger charge is -2.13. The molecule has 1 aromatic rings. The highest BCUT2D eigenvalue weighted by Gasteiger charge is 2.10. The molecule has 0 aliphatic rings. The van der Waals surface area contributed by atoms with Crippen molar-refractivity contribution < 1.29 is 9.90 Å². The Morgan fingerprint density at radius 3 is 2.81 bits per heavy atom. The van der Waals surface area contributed by atoms with Gasteiger partial charge < -0.3 is 10.4 Å². The molecule has 5 heteroatoms. The largest absolute Gasteiger partial charge is 0.393 e. The highest BCUT2D eigenvalue weighted by atomic mass is 16.3. The molecule has 1 aromatic heterocycles. The zero-order chi connectivity index (χ0) is 12.1. The van der Waals surface area contributed by atoms with Crippen molar-refractivity contribution in [3.63, 3.8) is 0 Å². The average Bonchev–Trinajstić information content (AvgIpc) is 2.60. The van der Waals surface area contributed by atoms with Gasteiger partial charge in [0.2, 0.25) is 0 Å². The summed E-state index contributed by atoms with van der Waals surface area (Å²) < 4.78 is 1.59. The lowest BCUT2D eigenvalue weighted by molar-refractivity contribution is 0.0939. The Morgan fingerprint density at radius 1 is 1.62 bits per heavy atom. The van der Waals surface area contributed by atoms with Crippen molar-refractivity contribution >= 4 is 5.91 Å². The molecular formula is C11H19N3O2. The molecule has 0 aliphatic carbocycles. The first kappa shape index (κ1) is 12.7. The van der Waals surface area contributed by atoms with Gasteiger partial charge in [-0.15, -0.1) is 0 Å². The van der Waals surface area contributed by atoms with Crippen molar-refractivity contribution in [1.82, 2.24) is 15.1 Å². The quantitative estimate of drug-likeness (QED) is 0.769. The molecule has 1 rings (SSSR count). The number of hydrogen-bond donors (Lipinski definition) is 2. The SMILES string of the molecule is CC(O)CC(C)CNC(=O)c1cnn(C)c1. The molecule has 1 heterocycles. The maximum Gasteiger partial charge on any atom is 0.254 e. The second-order valence-corrected chi connectivity index (χ2v) is 4.30. The van der Waals surface area contributed by atoms with E-state index in [9.17, 15) is 9.90 Å². The van der Waals surface area contributed by atoms with Crippen molar-refractivity contribution in [3.8, 4) is 0 Å². The lowest BCUT2D eigenvalue weighted by Crippen LogP contribution is -2.29. The first-order chi connectivity index (χ1) is 7.49. The zero-order valence-electron chi connectivity index (χ0n) is 9.97. The van der Waals surface area contributed by atoms with E-state index in [1.807, 2.05) is 6.92 Å². The Balaban J connectivity index is 2.35. The third-order valence-electron chi connectivity index (χ3n) is 2.32. The third kappa shape index (κ3) is 4.02. The molecule has 2 atom stereocenters. The monoisotopic (exact) mass is 225 g/mol.